The number of hydrogen-bond acceptors (Lipinski definition) is 4. The van der Waals surface area contributed by atoms with Gasteiger partial charge in [0.2, 0.25) is 0 Å². The zero-order chi connectivity index (χ0) is 19.8. The second kappa shape index (κ2) is 9.69. The average Bonchev–Trinajstić information content (AvgIpc) is 2.71. The molecule has 0 saturated heterocycles. The Bertz CT molecular complexity index is 982. The van der Waals surface area contributed by atoms with Gasteiger partial charge in [-0.15, -0.1) is 0 Å². The number of amides is 1. The Balaban J connectivity index is 1.52. The Morgan fingerprint density at radius 1 is 0.714 bits per heavy atom. The lowest BCUT2D eigenvalue weighted by Gasteiger charge is -2.03. The Morgan fingerprint density at radius 3 is 1.75 bits per heavy atom. The predicted octanol–water partition coefficient (Wildman–Crippen LogP) is 5.20. The van der Waals surface area contributed by atoms with Crippen molar-refractivity contribution in [3.8, 4) is 0 Å². The number of halogens is 2. The van der Waals surface area contributed by atoms with Gasteiger partial charge in [-0.25, -0.2) is 5.43 Å². The van der Waals surface area contributed by atoms with E-state index in [4.69, 9.17) is 23.2 Å². The van der Waals surface area contributed by atoms with E-state index in [0.29, 0.717) is 15.6 Å². The minimum absolute atomic E-state index is 0.304. The smallest absolute Gasteiger partial charge is 0.271 e. The fourth-order valence-corrected chi connectivity index (χ4v) is 2.46. The monoisotopic (exact) mass is 410 g/mol. The second-order valence-electron chi connectivity index (χ2n) is 5.75. The van der Waals surface area contributed by atoms with Gasteiger partial charge in [0.15, 0.2) is 0 Å². The van der Waals surface area contributed by atoms with Gasteiger partial charge in [0.05, 0.1) is 18.1 Å². The molecule has 0 spiro atoms. The summed E-state index contributed by atoms with van der Waals surface area (Å²) in [6.45, 7) is 0. The summed E-state index contributed by atoms with van der Waals surface area (Å²) < 4.78 is 0. The zero-order valence-electron chi connectivity index (χ0n) is 14.6. The lowest BCUT2D eigenvalue weighted by Crippen LogP contribution is -2.17. The molecule has 3 rings (SSSR count). The van der Waals surface area contributed by atoms with E-state index in [9.17, 15) is 4.79 Å². The number of hydrazone groups is 2. The van der Waals surface area contributed by atoms with Gasteiger partial charge < -0.3 is 0 Å². The van der Waals surface area contributed by atoms with Crippen LogP contribution in [0.3, 0.4) is 0 Å². The highest BCUT2D eigenvalue weighted by molar-refractivity contribution is 6.30. The Hall–Kier alpha value is -3.15. The van der Waals surface area contributed by atoms with Gasteiger partial charge in [-0.05, 0) is 59.7 Å². The molecule has 0 aliphatic heterocycles. The first-order chi connectivity index (χ1) is 13.6. The van der Waals surface area contributed by atoms with E-state index in [0.717, 1.165) is 16.8 Å². The summed E-state index contributed by atoms with van der Waals surface area (Å²) in [6.07, 6.45) is 3.23. The fourth-order valence-electron chi connectivity index (χ4n) is 2.21. The lowest BCUT2D eigenvalue weighted by molar-refractivity contribution is 0.0955. The number of carbonyl (C=O) groups excluding carboxylic acids is 1. The SMILES string of the molecule is O=C(N/N=C\c1ccc(Cl)cc1)c1ccc(N/N=C\c2ccc(Cl)cc2)cc1. The van der Waals surface area contributed by atoms with Crippen LogP contribution in [0.4, 0.5) is 5.69 Å². The Labute approximate surface area is 172 Å². The van der Waals surface area contributed by atoms with Crippen molar-refractivity contribution in [2.24, 2.45) is 10.2 Å². The van der Waals surface area contributed by atoms with Gasteiger partial charge in [-0.2, -0.15) is 10.2 Å². The Kier molecular flexibility index (Phi) is 6.78. The number of hydrogen-bond donors (Lipinski definition) is 2. The van der Waals surface area contributed by atoms with E-state index in [2.05, 4.69) is 21.1 Å². The third-order valence-electron chi connectivity index (χ3n) is 3.67. The van der Waals surface area contributed by atoms with Crippen LogP contribution in [-0.2, 0) is 0 Å². The van der Waals surface area contributed by atoms with E-state index in [1.54, 1.807) is 61.0 Å². The maximum atomic E-state index is 12.1. The molecule has 0 saturated carbocycles. The molecule has 3 aromatic rings. The van der Waals surface area contributed by atoms with Gasteiger partial charge >= 0.3 is 0 Å². The summed E-state index contributed by atoms with van der Waals surface area (Å²) in [5.74, 6) is -0.304. The minimum atomic E-state index is -0.304. The number of nitrogens with zero attached hydrogens (tertiary/aromatic N) is 2. The Morgan fingerprint density at radius 2 is 1.21 bits per heavy atom. The van der Waals surface area contributed by atoms with Crippen LogP contribution in [0.5, 0.6) is 0 Å². The van der Waals surface area contributed by atoms with Crippen molar-refractivity contribution in [1.29, 1.82) is 0 Å². The molecule has 0 aliphatic carbocycles. The molecule has 3 aromatic carbocycles. The van der Waals surface area contributed by atoms with Crippen LogP contribution in [0, 0.1) is 0 Å². The van der Waals surface area contributed by atoms with Crippen molar-refractivity contribution in [2.75, 3.05) is 5.43 Å². The first-order valence-corrected chi connectivity index (χ1v) is 9.09. The van der Waals surface area contributed by atoms with E-state index in [-0.39, 0.29) is 5.91 Å². The molecule has 0 radical (unpaired) electrons. The number of anilines is 1. The molecule has 7 heteroatoms. The first kappa shape index (κ1) is 19.6. The lowest BCUT2D eigenvalue weighted by atomic mass is 10.2. The molecule has 0 aromatic heterocycles. The van der Waals surface area contributed by atoms with E-state index in [1.807, 2.05) is 24.3 Å². The van der Waals surface area contributed by atoms with Crippen molar-refractivity contribution in [2.45, 2.75) is 0 Å². The maximum Gasteiger partial charge on any atom is 0.271 e. The van der Waals surface area contributed by atoms with Crippen molar-refractivity contribution < 1.29 is 4.79 Å². The maximum absolute atomic E-state index is 12.1. The fraction of sp³-hybridized carbons (Fsp3) is 0. The molecule has 0 aliphatic rings. The number of nitrogens with one attached hydrogen (secondary N) is 2. The van der Waals surface area contributed by atoms with Crippen LogP contribution in [0.1, 0.15) is 21.5 Å². The summed E-state index contributed by atoms with van der Waals surface area (Å²) in [5, 5.41) is 9.42. The zero-order valence-corrected chi connectivity index (χ0v) is 16.2. The van der Waals surface area contributed by atoms with Gasteiger partial charge in [-0.1, -0.05) is 47.5 Å². The van der Waals surface area contributed by atoms with E-state index < -0.39 is 0 Å². The predicted molar refractivity (Wildman–Crippen MR) is 116 cm³/mol. The normalized spacial score (nSPS) is 11.1. The van der Waals surface area contributed by atoms with Crippen molar-refractivity contribution in [3.05, 3.63) is 99.5 Å². The molecule has 1 amide bonds. The van der Waals surface area contributed by atoms with Gasteiger partial charge in [0, 0.05) is 15.6 Å². The quantitative estimate of drug-likeness (QED) is 0.432. The van der Waals surface area contributed by atoms with Crippen molar-refractivity contribution in [1.82, 2.24) is 5.43 Å². The van der Waals surface area contributed by atoms with Crippen LogP contribution in [0.25, 0.3) is 0 Å². The molecule has 0 fully saturated rings. The summed E-state index contributed by atoms with van der Waals surface area (Å²) in [5.41, 5.74) is 8.40. The van der Waals surface area contributed by atoms with Gasteiger partial charge in [-0.3, -0.25) is 10.2 Å². The second-order valence-corrected chi connectivity index (χ2v) is 6.62. The molecule has 0 heterocycles. The largest absolute Gasteiger partial charge is 0.279 e. The van der Waals surface area contributed by atoms with Crippen molar-refractivity contribution >= 4 is 47.2 Å². The molecule has 0 atom stereocenters. The summed E-state index contributed by atoms with van der Waals surface area (Å²) in [6, 6.07) is 21.4. The highest BCUT2D eigenvalue weighted by Gasteiger charge is 2.03. The molecule has 0 bridgehead atoms. The third kappa shape index (κ3) is 5.94. The summed E-state index contributed by atoms with van der Waals surface area (Å²) in [7, 11) is 0. The number of benzene rings is 3. The third-order valence-corrected chi connectivity index (χ3v) is 4.18. The van der Waals surface area contributed by atoms with Gasteiger partial charge in [0.25, 0.3) is 5.91 Å². The van der Waals surface area contributed by atoms with Crippen LogP contribution >= 0.6 is 23.2 Å². The highest BCUT2D eigenvalue weighted by atomic mass is 35.5. The molecule has 0 unspecified atom stereocenters. The molecular formula is C21H16Cl2N4O. The minimum Gasteiger partial charge on any atom is -0.279 e. The van der Waals surface area contributed by atoms with E-state index in [1.165, 1.54) is 0 Å². The average molecular weight is 411 g/mol. The number of rotatable bonds is 6. The molecule has 2 N–H and O–H groups in total. The molecule has 140 valence electrons. The molecular weight excluding hydrogens is 395 g/mol. The van der Waals surface area contributed by atoms with Crippen molar-refractivity contribution in [3.63, 3.8) is 0 Å². The van der Waals surface area contributed by atoms with Crippen LogP contribution in [-0.4, -0.2) is 18.3 Å². The summed E-state index contributed by atoms with van der Waals surface area (Å²) >= 11 is 11.7. The summed E-state index contributed by atoms with van der Waals surface area (Å²) in [4.78, 5) is 12.1. The topological polar surface area (TPSA) is 65.8 Å². The van der Waals surface area contributed by atoms with Crippen LogP contribution < -0.4 is 10.9 Å². The molecule has 5 nitrogen and oxygen atoms in total. The standard InChI is InChI=1S/C21H16Cl2N4O/c22-18-7-1-15(2-8-18)13-24-26-20-11-5-17(6-12-20)21(28)27-25-14-16-3-9-19(23)10-4-16/h1-14,26H,(H,27,28)/b24-13-,25-14-. The number of carbonyl (C=O) groups is 1. The molecule has 28 heavy (non-hydrogen) atoms. The van der Waals surface area contributed by atoms with E-state index >= 15 is 0 Å². The first-order valence-electron chi connectivity index (χ1n) is 8.34. The highest BCUT2D eigenvalue weighted by Crippen LogP contribution is 2.11. The van der Waals surface area contributed by atoms with Crippen LogP contribution in [0.15, 0.2) is 83.0 Å². The van der Waals surface area contributed by atoms with Gasteiger partial charge in [0.1, 0.15) is 0 Å². The van der Waals surface area contributed by atoms with Crippen LogP contribution in [0.2, 0.25) is 10.0 Å².